The van der Waals surface area contributed by atoms with Crippen LogP contribution in [0.25, 0.3) is 100 Å². The molecule has 0 atom stereocenters. The summed E-state index contributed by atoms with van der Waals surface area (Å²) >= 11 is 0. The Morgan fingerprint density at radius 2 is 1.09 bits per heavy atom. The zero-order chi connectivity index (χ0) is 30.6. The summed E-state index contributed by atoms with van der Waals surface area (Å²) in [6, 6.07) is 38.7. The van der Waals surface area contributed by atoms with Crippen LogP contribution in [0, 0.1) is 0 Å². The number of aromatic nitrogens is 4. The number of fused-ring (bicyclic) bond motifs is 13. The molecule has 0 spiro atoms. The van der Waals surface area contributed by atoms with Crippen molar-refractivity contribution in [3.63, 3.8) is 0 Å². The molecular weight excluding hydrogens is 576 g/mol. The van der Waals surface area contributed by atoms with Crippen LogP contribution in [-0.2, 0) is 0 Å². The molecule has 1 aliphatic carbocycles. The molecule has 10 aromatic rings. The fraction of sp³-hybridized carbons (Fsp3) is 0.0476. The van der Waals surface area contributed by atoms with Gasteiger partial charge < -0.3 is 4.42 Å². The zero-order valence-electron chi connectivity index (χ0n) is 25.3. The Morgan fingerprint density at radius 1 is 0.511 bits per heavy atom. The predicted octanol–water partition coefficient (Wildman–Crippen LogP) is 9.03. The van der Waals surface area contributed by atoms with Crippen molar-refractivity contribution in [1.29, 1.82) is 0 Å². The maximum Gasteiger partial charge on any atom is 0.145 e. The van der Waals surface area contributed by atoms with Gasteiger partial charge in [-0.15, -0.1) is 0 Å². The summed E-state index contributed by atoms with van der Waals surface area (Å²) in [5.74, 6) is 0. The number of para-hydroxylation sites is 2. The van der Waals surface area contributed by atoms with E-state index in [1.807, 2.05) is 6.07 Å². The van der Waals surface area contributed by atoms with E-state index in [9.17, 15) is 0 Å². The number of furan rings is 1. The van der Waals surface area contributed by atoms with Gasteiger partial charge in [0.25, 0.3) is 0 Å². The lowest BCUT2D eigenvalue weighted by molar-refractivity contribution is 0.669. The van der Waals surface area contributed by atoms with E-state index in [1.54, 1.807) is 0 Å². The Bertz CT molecular complexity index is 3090. The average molecular weight is 603 g/mol. The molecule has 0 saturated heterocycles. The van der Waals surface area contributed by atoms with E-state index < -0.39 is 0 Å². The molecule has 5 aromatic heterocycles. The van der Waals surface area contributed by atoms with Crippen LogP contribution in [-0.4, -0.2) is 18.8 Å². The molecule has 5 aromatic carbocycles. The molecule has 0 bridgehead atoms. The largest absolute Gasteiger partial charge is 0.456 e. The second-order valence-corrected chi connectivity index (χ2v) is 12.6. The molecule has 0 fully saturated rings. The van der Waals surface area contributed by atoms with Crippen molar-refractivity contribution < 1.29 is 4.42 Å². The zero-order valence-corrected chi connectivity index (χ0v) is 25.3. The van der Waals surface area contributed by atoms with Crippen LogP contribution in [0.3, 0.4) is 0 Å². The minimum atomic E-state index is 0.883. The average Bonchev–Trinajstić information content (AvgIpc) is 3.82. The summed E-state index contributed by atoms with van der Waals surface area (Å²) < 4.78 is 10.9. The first kappa shape index (κ1) is 25.0. The number of hydrogen-bond acceptors (Lipinski definition) is 3. The fourth-order valence-corrected chi connectivity index (χ4v) is 7.74. The quantitative estimate of drug-likeness (QED) is 0.198. The normalized spacial score (nSPS) is 13.3. The molecule has 0 unspecified atom stereocenters. The van der Waals surface area contributed by atoms with Gasteiger partial charge in [-0.25, -0.2) is 9.97 Å². The van der Waals surface area contributed by atoms with Gasteiger partial charge in [0.15, 0.2) is 0 Å². The smallest absolute Gasteiger partial charge is 0.145 e. The molecule has 0 amide bonds. The number of pyridine rings is 2. The number of rotatable bonds is 2. The summed E-state index contributed by atoms with van der Waals surface area (Å²) in [6.45, 7) is 0. The van der Waals surface area contributed by atoms with Crippen LogP contribution in [0.1, 0.15) is 12.8 Å². The summed E-state index contributed by atoms with van der Waals surface area (Å²) in [4.78, 5) is 10.0. The minimum Gasteiger partial charge on any atom is -0.456 e. The number of nitrogens with zero attached hydrogens (tertiary/aromatic N) is 4. The van der Waals surface area contributed by atoms with Gasteiger partial charge in [0.1, 0.15) is 22.5 Å². The van der Waals surface area contributed by atoms with Gasteiger partial charge >= 0.3 is 0 Å². The highest BCUT2D eigenvalue weighted by atomic mass is 16.3. The van der Waals surface area contributed by atoms with E-state index in [4.69, 9.17) is 14.4 Å². The van der Waals surface area contributed by atoms with Gasteiger partial charge in [-0.1, -0.05) is 84.9 Å². The second kappa shape index (κ2) is 9.18. The fourth-order valence-electron chi connectivity index (χ4n) is 7.74. The van der Waals surface area contributed by atoms with E-state index in [2.05, 4.69) is 136 Å². The van der Waals surface area contributed by atoms with E-state index in [0.29, 0.717) is 0 Å². The summed E-state index contributed by atoms with van der Waals surface area (Å²) in [5, 5.41) is 9.16. The standard InChI is InChI=1S/C42H26N4O/c1-3-11-29-27(9-1)33(23-45-37-15-7-5-13-35(37)43-41(29)45)25-17-19-39-31(21-25)32-22-26(18-20-40(32)47-39)34-24-46-38-16-8-6-14-36(38)44-42(46)30-12-4-2-10-28(30)34/h1-5,7,9-24H,6,8H2. The molecule has 0 saturated carbocycles. The lowest BCUT2D eigenvalue weighted by atomic mass is 9.97. The summed E-state index contributed by atoms with van der Waals surface area (Å²) in [6.07, 6.45) is 11.2. The van der Waals surface area contributed by atoms with Gasteiger partial charge in [-0.05, 0) is 71.1 Å². The SMILES string of the molecule is C1=c2nc3c4ccccc4c(-c4ccc5oc6ccc(-c7cn8c9ccccc9nc8c8ccccc78)cc6c5c4)cn3c2=CCC1. The Morgan fingerprint density at radius 3 is 1.79 bits per heavy atom. The summed E-state index contributed by atoms with van der Waals surface area (Å²) in [7, 11) is 0. The van der Waals surface area contributed by atoms with E-state index in [0.717, 1.165) is 89.9 Å². The van der Waals surface area contributed by atoms with Gasteiger partial charge in [0.05, 0.1) is 21.7 Å². The molecule has 5 heteroatoms. The molecule has 5 nitrogen and oxygen atoms in total. The third-order valence-corrected chi connectivity index (χ3v) is 9.94. The number of benzene rings is 5. The highest BCUT2D eigenvalue weighted by Crippen LogP contribution is 2.39. The van der Waals surface area contributed by atoms with Crippen molar-refractivity contribution in [3.05, 3.63) is 132 Å². The van der Waals surface area contributed by atoms with Crippen molar-refractivity contribution in [2.24, 2.45) is 0 Å². The topological polar surface area (TPSA) is 47.7 Å². The van der Waals surface area contributed by atoms with Crippen LogP contribution >= 0.6 is 0 Å². The van der Waals surface area contributed by atoms with Crippen LogP contribution in [0.5, 0.6) is 0 Å². The van der Waals surface area contributed by atoms with Crippen molar-refractivity contribution in [2.75, 3.05) is 0 Å². The molecule has 5 heterocycles. The minimum absolute atomic E-state index is 0.883. The van der Waals surface area contributed by atoms with Crippen molar-refractivity contribution in [1.82, 2.24) is 18.8 Å². The lowest BCUT2D eigenvalue weighted by Crippen LogP contribution is -2.28. The first-order chi connectivity index (χ1) is 23.3. The summed E-state index contributed by atoms with van der Waals surface area (Å²) in [5.41, 5.74) is 10.5. The van der Waals surface area contributed by atoms with Crippen molar-refractivity contribution >= 4 is 78.0 Å². The Kier molecular flexibility index (Phi) is 4.89. The lowest BCUT2D eigenvalue weighted by Gasteiger charge is -2.10. The predicted molar refractivity (Wildman–Crippen MR) is 192 cm³/mol. The van der Waals surface area contributed by atoms with E-state index >= 15 is 0 Å². The van der Waals surface area contributed by atoms with Crippen LogP contribution < -0.4 is 10.7 Å². The molecule has 11 rings (SSSR count). The highest BCUT2D eigenvalue weighted by molar-refractivity contribution is 6.11. The number of hydrogen-bond donors (Lipinski definition) is 0. The molecule has 0 radical (unpaired) electrons. The Hall–Kier alpha value is -6.20. The third-order valence-electron chi connectivity index (χ3n) is 9.94. The molecular formula is C42H26N4O. The Labute approximate surface area is 267 Å². The van der Waals surface area contributed by atoms with Crippen molar-refractivity contribution in [3.8, 4) is 22.3 Å². The maximum atomic E-state index is 6.42. The van der Waals surface area contributed by atoms with Gasteiger partial charge in [0.2, 0.25) is 0 Å². The first-order valence-corrected chi connectivity index (χ1v) is 16.1. The van der Waals surface area contributed by atoms with Crippen LogP contribution in [0.4, 0.5) is 0 Å². The van der Waals surface area contributed by atoms with Crippen LogP contribution in [0.15, 0.2) is 126 Å². The highest BCUT2D eigenvalue weighted by Gasteiger charge is 2.17. The van der Waals surface area contributed by atoms with Crippen molar-refractivity contribution in [2.45, 2.75) is 12.8 Å². The molecule has 0 aliphatic heterocycles. The van der Waals surface area contributed by atoms with Gasteiger partial charge in [-0.2, -0.15) is 0 Å². The van der Waals surface area contributed by atoms with Crippen LogP contribution in [0.2, 0.25) is 0 Å². The van der Waals surface area contributed by atoms with E-state index in [-0.39, 0.29) is 0 Å². The molecule has 47 heavy (non-hydrogen) atoms. The molecule has 1 aliphatic rings. The van der Waals surface area contributed by atoms with Gasteiger partial charge in [-0.3, -0.25) is 8.80 Å². The Balaban J connectivity index is 1.16. The number of imidazole rings is 2. The molecule has 0 N–H and O–H groups in total. The van der Waals surface area contributed by atoms with Gasteiger partial charge in [0, 0.05) is 45.1 Å². The monoisotopic (exact) mass is 602 g/mol. The van der Waals surface area contributed by atoms with E-state index in [1.165, 1.54) is 21.7 Å². The third kappa shape index (κ3) is 3.48. The second-order valence-electron chi connectivity index (χ2n) is 12.6. The maximum absolute atomic E-state index is 6.42. The first-order valence-electron chi connectivity index (χ1n) is 16.1. The molecule has 220 valence electrons.